The Balaban J connectivity index is 2.07. The minimum Gasteiger partial charge on any atom is -0.394 e. The number of aliphatic hydroxyl groups excluding tert-OH is 1. The van der Waals surface area contributed by atoms with Crippen molar-refractivity contribution in [2.24, 2.45) is 0 Å². The van der Waals surface area contributed by atoms with Gasteiger partial charge < -0.3 is 10.4 Å². The summed E-state index contributed by atoms with van der Waals surface area (Å²) in [5, 5.41) is 13.7. The predicted octanol–water partition coefficient (Wildman–Crippen LogP) is 2.38. The fraction of sp³-hybridized carbons (Fsp3) is 0.818. The Morgan fingerprint density at radius 2 is 2.12 bits per heavy atom. The summed E-state index contributed by atoms with van der Waals surface area (Å²) in [5.74, 6) is 1.25. The van der Waals surface area contributed by atoms with Crippen LogP contribution in [-0.2, 0) is 0 Å². The summed E-state index contributed by atoms with van der Waals surface area (Å²) in [7, 11) is 0. The summed E-state index contributed by atoms with van der Waals surface area (Å²) in [5.41, 5.74) is -0.145. The van der Waals surface area contributed by atoms with E-state index in [2.05, 4.69) is 28.5 Å². The van der Waals surface area contributed by atoms with Crippen LogP contribution in [0.4, 0.5) is 5.13 Å². The van der Waals surface area contributed by atoms with Gasteiger partial charge in [-0.3, -0.25) is 0 Å². The Morgan fingerprint density at radius 1 is 1.44 bits per heavy atom. The lowest BCUT2D eigenvalue weighted by Gasteiger charge is -2.27. The van der Waals surface area contributed by atoms with Crippen LogP contribution >= 0.6 is 11.5 Å². The molecule has 1 heterocycles. The molecular weight excluding hydrogens is 222 g/mol. The van der Waals surface area contributed by atoms with E-state index in [4.69, 9.17) is 0 Å². The van der Waals surface area contributed by atoms with Crippen LogP contribution in [0.2, 0.25) is 0 Å². The molecule has 0 bridgehead atoms. The smallest absolute Gasteiger partial charge is 0.203 e. The molecule has 5 heteroatoms. The van der Waals surface area contributed by atoms with E-state index in [1.165, 1.54) is 24.4 Å². The summed E-state index contributed by atoms with van der Waals surface area (Å²) in [6.07, 6.45) is 4.42. The van der Waals surface area contributed by atoms with Crippen LogP contribution < -0.4 is 5.32 Å². The van der Waals surface area contributed by atoms with Crippen LogP contribution in [0, 0.1) is 0 Å². The summed E-state index contributed by atoms with van der Waals surface area (Å²) in [6.45, 7) is 4.36. The lowest BCUT2D eigenvalue weighted by Crippen LogP contribution is -2.38. The first-order valence-electron chi connectivity index (χ1n) is 5.88. The van der Waals surface area contributed by atoms with E-state index in [9.17, 15) is 5.11 Å². The monoisotopic (exact) mass is 241 g/mol. The molecule has 2 N–H and O–H groups in total. The first-order valence-corrected chi connectivity index (χ1v) is 6.65. The molecule has 1 fully saturated rings. The molecular formula is C11H19N3OS. The molecule has 2 rings (SSSR count). The van der Waals surface area contributed by atoms with Crippen molar-refractivity contribution in [3.05, 3.63) is 5.82 Å². The molecule has 0 aliphatic heterocycles. The maximum atomic E-state index is 9.49. The van der Waals surface area contributed by atoms with Crippen molar-refractivity contribution >= 4 is 16.7 Å². The number of nitrogens with zero attached hydrogens (tertiary/aromatic N) is 2. The molecule has 1 saturated carbocycles. The maximum absolute atomic E-state index is 9.49. The molecule has 1 aromatic rings. The molecule has 1 aromatic heterocycles. The third kappa shape index (κ3) is 2.35. The maximum Gasteiger partial charge on any atom is 0.203 e. The summed E-state index contributed by atoms with van der Waals surface area (Å²) < 4.78 is 4.31. The van der Waals surface area contributed by atoms with E-state index in [0.717, 1.165) is 23.8 Å². The van der Waals surface area contributed by atoms with Gasteiger partial charge in [-0.05, 0) is 12.8 Å². The van der Waals surface area contributed by atoms with Crippen LogP contribution in [0.3, 0.4) is 0 Å². The Labute approximate surface area is 100 Å². The quantitative estimate of drug-likeness (QED) is 0.849. The first kappa shape index (κ1) is 11.8. The molecule has 0 amide bonds. The second kappa shape index (κ2) is 4.67. The number of hydrogen-bond acceptors (Lipinski definition) is 5. The number of aliphatic hydroxyl groups is 1. The van der Waals surface area contributed by atoms with E-state index < -0.39 is 0 Å². The number of hydrogen-bond donors (Lipinski definition) is 2. The standard InChI is InChI=1S/C11H19N3OS/c1-8(2)9-12-10(16-14-9)13-11(7-15)5-3-4-6-11/h8,15H,3-7H2,1-2H3,(H,12,13,14). The normalized spacial score (nSPS) is 19.2. The van der Waals surface area contributed by atoms with Gasteiger partial charge in [-0.1, -0.05) is 26.7 Å². The van der Waals surface area contributed by atoms with Gasteiger partial charge in [0, 0.05) is 17.5 Å². The van der Waals surface area contributed by atoms with Gasteiger partial charge in [0.15, 0.2) is 0 Å². The Hall–Kier alpha value is -0.680. The number of rotatable bonds is 4. The largest absolute Gasteiger partial charge is 0.394 e. The molecule has 0 radical (unpaired) electrons. The number of aromatic nitrogens is 2. The van der Waals surface area contributed by atoms with Gasteiger partial charge in [-0.15, -0.1) is 0 Å². The zero-order chi connectivity index (χ0) is 11.6. The van der Waals surface area contributed by atoms with E-state index in [0.29, 0.717) is 5.92 Å². The number of anilines is 1. The Morgan fingerprint density at radius 3 is 2.62 bits per heavy atom. The Kier molecular flexibility index (Phi) is 3.44. The number of nitrogens with one attached hydrogen (secondary N) is 1. The third-order valence-corrected chi connectivity index (χ3v) is 3.84. The van der Waals surface area contributed by atoms with Crippen molar-refractivity contribution in [2.45, 2.75) is 51.0 Å². The highest BCUT2D eigenvalue weighted by Crippen LogP contribution is 2.33. The van der Waals surface area contributed by atoms with Crippen LogP contribution in [-0.4, -0.2) is 26.6 Å². The molecule has 1 aliphatic rings. The third-order valence-electron chi connectivity index (χ3n) is 3.19. The van der Waals surface area contributed by atoms with Crippen molar-refractivity contribution in [3.8, 4) is 0 Å². The van der Waals surface area contributed by atoms with Gasteiger partial charge in [0.2, 0.25) is 5.13 Å². The van der Waals surface area contributed by atoms with Crippen molar-refractivity contribution in [1.82, 2.24) is 9.36 Å². The SMILES string of the molecule is CC(C)c1nsc(NC2(CO)CCCC2)n1. The molecule has 16 heavy (non-hydrogen) atoms. The molecule has 0 unspecified atom stereocenters. The van der Waals surface area contributed by atoms with Crippen molar-refractivity contribution in [3.63, 3.8) is 0 Å². The molecule has 0 atom stereocenters. The summed E-state index contributed by atoms with van der Waals surface area (Å²) in [4.78, 5) is 4.45. The topological polar surface area (TPSA) is 58.0 Å². The van der Waals surface area contributed by atoms with E-state index >= 15 is 0 Å². The molecule has 0 spiro atoms. The minimum absolute atomic E-state index is 0.145. The zero-order valence-corrected chi connectivity index (χ0v) is 10.7. The highest BCUT2D eigenvalue weighted by Gasteiger charge is 2.33. The van der Waals surface area contributed by atoms with Gasteiger partial charge in [0.25, 0.3) is 0 Å². The lowest BCUT2D eigenvalue weighted by molar-refractivity contribution is 0.214. The lowest BCUT2D eigenvalue weighted by atomic mass is 10.00. The van der Waals surface area contributed by atoms with Crippen LogP contribution in [0.1, 0.15) is 51.3 Å². The summed E-state index contributed by atoms with van der Waals surface area (Å²) in [6, 6.07) is 0. The van der Waals surface area contributed by atoms with Crippen LogP contribution in [0.15, 0.2) is 0 Å². The van der Waals surface area contributed by atoms with Gasteiger partial charge in [-0.2, -0.15) is 4.37 Å². The van der Waals surface area contributed by atoms with Crippen molar-refractivity contribution in [2.75, 3.05) is 11.9 Å². The van der Waals surface area contributed by atoms with Gasteiger partial charge in [-0.25, -0.2) is 4.98 Å². The van der Waals surface area contributed by atoms with Gasteiger partial charge in [0.1, 0.15) is 5.82 Å². The fourth-order valence-corrected chi connectivity index (χ4v) is 2.95. The van der Waals surface area contributed by atoms with Gasteiger partial charge >= 0.3 is 0 Å². The zero-order valence-electron chi connectivity index (χ0n) is 9.86. The highest BCUT2D eigenvalue weighted by molar-refractivity contribution is 7.09. The molecule has 0 aromatic carbocycles. The fourth-order valence-electron chi connectivity index (χ4n) is 2.12. The van der Waals surface area contributed by atoms with Crippen molar-refractivity contribution in [1.29, 1.82) is 0 Å². The van der Waals surface area contributed by atoms with Crippen LogP contribution in [0.5, 0.6) is 0 Å². The molecule has 4 nitrogen and oxygen atoms in total. The molecule has 1 aliphatic carbocycles. The van der Waals surface area contributed by atoms with Crippen molar-refractivity contribution < 1.29 is 5.11 Å². The highest BCUT2D eigenvalue weighted by atomic mass is 32.1. The molecule has 90 valence electrons. The second-order valence-electron chi connectivity index (χ2n) is 4.88. The average Bonchev–Trinajstić information content (AvgIpc) is 2.88. The second-order valence-corrected chi connectivity index (χ2v) is 5.63. The van der Waals surface area contributed by atoms with E-state index in [1.54, 1.807) is 0 Å². The minimum atomic E-state index is -0.145. The van der Waals surface area contributed by atoms with Gasteiger partial charge in [0.05, 0.1) is 12.1 Å². The first-order chi connectivity index (χ1) is 7.65. The Bertz CT molecular complexity index is 345. The predicted molar refractivity (Wildman–Crippen MR) is 65.9 cm³/mol. The average molecular weight is 241 g/mol. The molecule has 0 saturated heterocycles. The van der Waals surface area contributed by atoms with E-state index in [-0.39, 0.29) is 12.1 Å². The van der Waals surface area contributed by atoms with Crippen LogP contribution in [0.25, 0.3) is 0 Å². The summed E-state index contributed by atoms with van der Waals surface area (Å²) >= 11 is 1.40. The van der Waals surface area contributed by atoms with E-state index in [1.807, 2.05) is 0 Å².